The Morgan fingerprint density at radius 2 is 1.79 bits per heavy atom. The van der Waals surface area contributed by atoms with Crippen molar-refractivity contribution in [3.63, 3.8) is 0 Å². The van der Waals surface area contributed by atoms with Crippen LogP contribution in [0.4, 0.5) is 0 Å². The fraction of sp³-hybridized carbons (Fsp3) is 0.467. The lowest BCUT2D eigenvalue weighted by molar-refractivity contribution is -0.139. The Morgan fingerprint density at radius 1 is 1.16 bits per heavy atom. The van der Waals surface area contributed by atoms with E-state index in [4.69, 9.17) is 5.11 Å². The predicted molar refractivity (Wildman–Crippen MR) is 73.8 cm³/mol. The lowest BCUT2D eigenvalue weighted by Crippen LogP contribution is -2.37. The summed E-state index contributed by atoms with van der Waals surface area (Å²) in [6.45, 7) is 4.50. The average molecular weight is 263 g/mol. The van der Waals surface area contributed by atoms with E-state index in [9.17, 15) is 9.59 Å². The third-order valence-corrected chi connectivity index (χ3v) is 2.91. The average Bonchev–Trinajstić information content (AvgIpc) is 2.39. The molecule has 0 aliphatic heterocycles. The first-order valence-electron chi connectivity index (χ1n) is 6.55. The van der Waals surface area contributed by atoms with Gasteiger partial charge in [0, 0.05) is 19.0 Å². The minimum absolute atomic E-state index is 0.00670. The molecule has 0 bridgehead atoms. The first-order chi connectivity index (χ1) is 9.00. The molecule has 0 radical (unpaired) electrons. The second-order valence-corrected chi connectivity index (χ2v) is 4.86. The highest BCUT2D eigenvalue weighted by Crippen LogP contribution is 2.06. The number of aliphatic carboxylic acids is 1. The Kier molecular flexibility index (Phi) is 6.06. The third kappa shape index (κ3) is 5.55. The van der Waals surface area contributed by atoms with Gasteiger partial charge in [-0.05, 0) is 12.0 Å². The number of rotatable bonds is 7. The Morgan fingerprint density at radius 3 is 2.32 bits per heavy atom. The highest BCUT2D eigenvalue weighted by molar-refractivity contribution is 5.78. The van der Waals surface area contributed by atoms with Crippen LogP contribution in [0, 0.1) is 5.92 Å². The predicted octanol–water partition coefficient (Wildman–Crippen LogP) is 2.19. The maximum Gasteiger partial charge on any atom is 0.305 e. The molecule has 1 amide bonds. The van der Waals surface area contributed by atoms with Crippen molar-refractivity contribution in [3.8, 4) is 0 Å². The number of amides is 1. The molecule has 0 aromatic heterocycles. The number of carbonyl (C=O) groups excluding carboxylic acids is 1. The zero-order valence-corrected chi connectivity index (χ0v) is 11.5. The molecule has 0 atom stereocenters. The molecule has 1 aromatic carbocycles. The van der Waals surface area contributed by atoms with Gasteiger partial charge in [0.2, 0.25) is 5.91 Å². The largest absolute Gasteiger partial charge is 0.481 e. The van der Waals surface area contributed by atoms with Gasteiger partial charge in [-0.2, -0.15) is 0 Å². The van der Waals surface area contributed by atoms with E-state index in [2.05, 4.69) is 0 Å². The molecular formula is C15H21NO3. The van der Waals surface area contributed by atoms with Crippen LogP contribution in [-0.2, 0) is 16.0 Å². The molecule has 104 valence electrons. The van der Waals surface area contributed by atoms with Gasteiger partial charge < -0.3 is 10.0 Å². The van der Waals surface area contributed by atoms with E-state index in [1.807, 2.05) is 44.2 Å². The van der Waals surface area contributed by atoms with Gasteiger partial charge >= 0.3 is 5.97 Å². The van der Waals surface area contributed by atoms with Crippen LogP contribution in [0.5, 0.6) is 0 Å². The van der Waals surface area contributed by atoms with Crippen LogP contribution in [0.3, 0.4) is 0 Å². The van der Waals surface area contributed by atoms with Crippen molar-refractivity contribution in [3.05, 3.63) is 35.9 Å². The minimum Gasteiger partial charge on any atom is -0.481 e. The topological polar surface area (TPSA) is 57.6 Å². The van der Waals surface area contributed by atoms with Gasteiger partial charge in [0.25, 0.3) is 0 Å². The van der Waals surface area contributed by atoms with Crippen LogP contribution in [-0.4, -0.2) is 35.0 Å². The van der Waals surface area contributed by atoms with E-state index in [0.717, 1.165) is 12.0 Å². The highest BCUT2D eigenvalue weighted by atomic mass is 16.4. The standard InChI is InChI=1S/C15H21NO3/c1-12(2)15(19)16(11-9-14(17)18)10-8-13-6-4-3-5-7-13/h3-7,12H,8-11H2,1-2H3,(H,17,18). The molecule has 0 fully saturated rings. The van der Waals surface area contributed by atoms with Gasteiger partial charge in [0.15, 0.2) is 0 Å². The van der Waals surface area contributed by atoms with Crippen LogP contribution in [0.1, 0.15) is 25.8 Å². The number of benzene rings is 1. The molecule has 4 nitrogen and oxygen atoms in total. The molecule has 1 aromatic rings. The summed E-state index contributed by atoms with van der Waals surface area (Å²) in [7, 11) is 0. The molecule has 1 N–H and O–H groups in total. The summed E-state index contributed by atoms with van der Waals surface area (Å²) in [6.07, 6.45) is 0.742. The zero-order chi connectivity index (χ0) is 14.3. The van der Waals surface area contributed by atoms with Crippen molar-refractivity contribution in [2.24, 2.45) is 5.92 Å². The quantitative estimate of drug-likeness (QED) is 0.820. The summed E-state index contributed by atoms with van der Waals surface area (Å²) in [5.74, 6) is -0.969. The smallest absolute Gasteiger partial charge is 0.305 e. The number of nitrogens with zero attached hydrogens (tertiary/aromatic N) is 1. The summed E-state index contributed by atoms with van der Waals surface area (Å²) < 4.78 is 0. The molecule has 0 aliphatic rings. The van der Waals surface area contributed by atoms with Gasteiger partial charge in [-0.3, -0.25) is 9.59 Å². The van der Waals surface area contributed by atoms with E-state index < -0.39 is 5.97 Å². The summed E-state index contributed by atoms with van der Waals surface area (Å²) >= 11 is 0. The number of carbonyl (C=O) groups is 2. The fourth-order valence-corrected chi connectivity index (χ4v) is 1.84. The van der Waals surface area contributed by atoms with E-state index in [-0.39, 0.29) is 24.8 Å². The molecule has 0 saturated heterocycles. The van der Waals surface area contributed by atoms with Gasteiger partial charge in [-0.1, -0.05) is 44.2 Å². The van der Waals surface area contributed by atoms with Crippen molar-refractivity contribution < 1.29 is 14.7 Å². The molecular weight excluding hydrogens is 242 g/mol. The number of carboxylic acid groups (broad SMARTS) is 1. The molecule has 0 spiro atoms. The summed E-state index contributed by atoms with van der Waals surface area (Å²) in [6, 6.07) is 9.89. The summed E-state index contributed by atoms with van der Waals surface area (Å²) in [4.78, 5) is 24.3. The molecule has 1 rings (SSSR count). The van der Waals surface area contributed by atoms with E-state index >= 15 is 0 Å². The minimum atomic E-state index is -0.874. The molecule has 0 aliphatic carbocycles. The van der Waals surface area contributed by atoms with Crippen molar-refractivity contribution in [2.45, 2.75) is 26.7 Å². The summed E-state index contributed by atoms with van der Waals surface area (Å²) in [5, 5.41) is 8.73. The van der Waals surface area contributed by atoms with Gasteiger partial charge in [0.1, 0.15) is 0 Å². The first kappa shape index (κ1) is 15.2. The molecule has 0 unspecified atom stereocenters. The molecule has 0 heterocycles. The van der Waals surface area contributed by atoms with E-state index in [1.54, 1.807) is 4.90 Å². The number of carboxylic acids is 1. The monoisotopic (exact) mass is 263 g/mol. The van der Waals surface area contributed by atoms with E-state index in [1.165, 1.54) is 0 Å². The Labute approximate surface area is 114 Å². The van der Waals surface area contributed by atoms with Crippen molar-refractivity contribution in [1.29, 1.82) is 0 Å². The second kappa shape index (κ2) is 7.56. The van der Waals surface area contributed by atoms with Crippen LogP contribution in [0.15, 0.2) is 30.3 Å². The lowest BCUT2D eigenvalue weighted by atomic mass is 10.1. The fourth-order valence-electron chi connectivity index (χ4n) is 1.84. The Balaban J connectivity index is 2.58. The SMILES string of the molecule is CC(C)C(=O)N(CCC(=O)O)CCc1ccccc1. The molecule has 0 saturated carbocycles. The van der Waals surface area contributed by atoms with Gasteiger partial charge in [0.05, 0.1) is 6.42 Å². The maximum atomic E-state index is 12.0. The van der Waals surface area contributed by atoms with Crippen LogP contribution < -0.4 is 0 Å². The highest BCUT2D eigenvalue weighted by Gasteiger charge is 2.17. The second-order valence-electron chi connectivity index (χ2n) is 4.86. The molecule has 4 heteroatoms. The number of hydrogen-bond donors (Lipinski definition) is 1. The lowest BCUT2D eigenvalue weighted by Gasteiger charge is -2.24. The van der Waals surface area contributed by atoms with Gasteiger partial charge in [-0.25, -0.2) is 0 Å². The summed E-state index contributed by atoms with van der Waals surface area (Å²) in [5.41, 5.74) is 1.15. The zero-order valence-electron chi connectivity index (χ0n) is 11.5. The third-order valence-electron chi connectivity index (χ3n) is 2.91. The first-order valence-corrected chi connectivity index (χ1v) is 6.55. The Bertz CT molecular complexity index is 415. The molecule has 19 heavy (non-hydrogen) atoms. The maximum absolute atomic E-state index is 12.0. The number of hydrogen-bond acceptors (Lipinski definition) is 2. The van der Waals surface area contributed by atoms with Gasteiger partial charge in [-0.15, -0.1) is 0 Å². The normalized spacial score (nSPS) is 10.5. The van der Waals surface area contributed by atoms with Crippen LogP contribution in [0.25, 0.3) is 0 Å². The van der Waals surface area contributed by atoms with Crippen LogP contribution >= 0.6 is 0 Å². The Hall–Kier alpha value is -1.84. The van der Waals surface area contributed by atoms with E-state index in [0.29, 0.717) is 6.54 Å². The van der Waals surface area contributed by atoms with Crippen molar-refractivity contribution in [2.75, 3.05) is 13.1 Å². The van der Waals surface area contributed by atoms with Crippen molar-refractivity contribution in [1.82, 2.24) is 4.90 Å². The van der Waals surface area contributed by atoms with Crippen LogP contribution in [0.2, 0.25) is 0 Å². The van der Waals surface area contributed by atoms with Crippen molar-refractivity contribution >= 4 is 11.9 Å².